The molecular weight excluding hydrogens is 322 g/mol. The Morgan fingerprint density at radius 1 is 1.21 bits per heavy atom. The molecule has 2 aromatic carbocycles. The van der Waals surface area contributed by atoms with Crippen molar-refractivity contribution < 1.29 is 4.74 Å². The van der Waals surface area contributed by atoms with Gasteiger partial charge in [0.05, 0.1) is 29.3 Å². The number of pyridine rings is 1. The molecule has 0 aliphatic rings. The summed E-state index contributed by atoms with van der Waals surface area (Å²) in [7, 11) is 3.61. The SMILES string of the molecule is COc1ccc(CN(C)c2ccnc3ccc(C#N)cc23)cc1Cl. The Balaban J connectivity index is 1.95. The number of methoxy groups -OCH3 is 1. The fourth-order valence-corrected chi connectivity index (χ4v) is 2.98. The minimum atomic E-state index is 0.592. The van der Waals surface area contributed by atoms with Crippen LogP contribution in [0.2, 0.25) is 5.02 Å². The van der Waals surface area contributed by atoms with E-state index in [-0.39, 0.29) is 0 Å². The first-order valence-corrected chi connectivity index (χ1v) is 7.82. The molecule has 0 fully saturated rings. The molecule has 0 saturated carbocycles. The van der Waals surface area contributed by atoms with Crippen molar-refractivity contribution in [1.29, 1.82) is 5.26 Å². The average molecular weight is 338 g/mol. The molecule has 1 aromatic heterocycles. The summed E-state index contributed by atoms with van der Waals surface area (Å²) in [6, 6.07) is 15.4. The topological polar surface area (TPSA) is 49.1 Å². The van der Waals surface area contributed by atoms with Gasteiger partial charge in [0.2, 0.25) is 0 Å². The Bertz CT molecular complexity index is 934. The van der Waals surface area contributed by atoms with Crippen molar-refractivity contribution in [1.82, 2.24) is 4.98 Å². The van der Waals surface area contributed by atoms with Crippen LogP contribution in [0, 0.1) is 11.3 Å². The maximum Gasteiger partial charge on any atom is 0.137 e. The molecule has 0 radical (unpaired) electrons. The van der Waals surface area contributed by atoms with Gasteiger partial charge in [-0.15, -0.1) is 0 Å². The molecule has 0 N–H and O–H groups in total. The number of nitrogens with zero attached hydrogens (tertiary/aromatic N) is 3. The highest BCUT2D eigenvalue weighted by molar-refractivity contribution is 6.32. The Hall–Kier alpha value is -2.77. The smallest absolute Gasteiger partial charge is 0.137 e. The van der Waals surface area contributed by atoms with Crippen molar-refractivity contribution >= 4 is 28.2 Å². The number of ether oxygens (including phenoxy) is 1. The van der Waals surface area contributed by atoms with E-state index in [0.29, 0.717) is 22.9 Å². The molecule has 1 heterocycles. The molecule has 120 valence electrons. The Morgan fingerprint density at radius 3 is 2.75 bits per heavy atom. The minimum absolute atomic E-state index is 0.592. The highest BCUT2D eigenvalue weighted by atomic mass is 35.5. The molecule has 0 spiro atoms. The maximum atomic E-state index is 9.13. The number of hydrogen-bond acceptors (Lipinski definition) is 4. The van der Waals surface area contributed by atoms with Crippen LogP contribution in [0.4, 0.5) is 5.69 Å². The van der Waals surface area contributed by atoms with Crippen molar-refractivity contribution in [3.05, 3.63) is 64.8 Å². The highest BCUT2D eigenvalue weighted by Gasteiger charge is 2.10. The van der Waals surface area contributed by atoms with Gasteiger partial charge < -0.3 is 9.64 Å². The lowest BCUT2D eigenvalue weighted by Gasteiger charge is -2.21. The molecule has 4 nitrogen and oxygen atoms in total. The number of aromatic nitrogens is 1. The predicted octanol–water partition coefficient (Wildman–Crippen LogP) is 4.40. The Kier molecular flexibility index (Phi) is 4.54. The molecule has 24 heavy (non-hydrogen) atoms. The summed E-state index contributed by atoms with van der Waals surface area (Å²) in [5.74, 6) is 0.663. The van der Waals surface area contributed by atoms with Crippen LogP contribution >= 0.6 is 11.6 Å². The van der Waals surface area contributed by atoms with Gasteiger partial charge in [-0.05, 0) is 42.0 Å². The Morgan fingerprint density at radius 2 is 2.04 bits per heavy atom. The Labute approximate surface area is 145 Å². The van der Waals surface area contributed by atoms with E-state index in [1.165, 1.54) is 0 Å². The molecule has 0 aliphatic heterocycles. The number of hydrogen-bond donors (Lipinski definition) is 0. The molecular formula is C19H16ClN3O. The second kappa shape index (κ2) is 6.77. The molecule has 3 aromatic rings. The standard InChI is InChI=1S/C19H16ClN3O/c1-23(12-14-4-6-19(24-2)16(20)10-14)18-7-8-22-17-5-3-13(11-21)9-15(17)18/h3-10H,12H2,1-2H3. The van der Waals surface area contributed by atoms with E-state index in [1.807, 2.05) is 43.4 Å². The van der Waals surface area contributed by atoms with Crippen LogP contribution < -0.4 is 9.64 Å². The second-order valence-corrected chi connectivity index (χ2v) is 5.91. The molecule has 5 heteroatoms. The van der Waals surface area contributed by atoms with E-state index < -0.39 is 0 Å². The van der Waals surface area contributed by atoms with Gasteiger partial charge in [0.15, 0.2) is 0 Å². The molecule has 0 saturated heterocycles. The summed E-state index contributed by atoms with van der Waals surface area (Å²) >= 11 is 6.20. The van der Waals surface area contributed by atoms with Gasteiger partial charge in [-0.2, -0.15) is 5.26 Å². The van der Waals surface area contributed by atoms with Crippen molar-refractivity contribution in [3.63, 3.8) is 0 Å². The summed E-state index contributed by atoms with van der Waals surface area (Å²) in [5.41, 5.74) is 3.58. The lowest BCUT2D eigenvalue weighted by molar-refractivity contribution is 0.415. The van der Waals surface area contributed by atoms with E-state index in [0.717, 1.165) is 22.2 Å². The summed E-state index contributed by atoms with van der Waals surface area (Å²) in [6.45, 7) is 0.680. The molecule has 3 rings (SSSR count). The van der Waals surface area contributed by atoms with Crippen LogP contribution in [0.3, 0.4) is 0 Å². The molecule has 0 aliphatic carbocycles. The van der Waals surface area contributed by atoms with Gasteiger partial charge in [0.1, 0.15) is 5.75 Å². The van der Waals surface area contributed by atoms with E-state index in [1.54, 1.807) is 19.4 Å². The maximum absolute atomic E-state index is 9.13. The fraction of sp³-hybridized carbons (Fsp3) is 0.158. The van der Waals surface area contributed by atoms with Crippen LogP contribution in [-0.2, 0) is 6.54 Å². The lowest BCUT2D eigenvalue weighted by atomic mass is 10.1. The number of fused-ring (bicyclic) bond motifs is 1. The quantitative estimate of drug-likeness (QED) is 0.707. The number of halogens is 1. The molecule has 0 atom stereocenters. The van der Waals surface area contributed by atoms with Gasteiger partial charge in [0.25, 0.3) is 0 Å². The van der Waals surface area contributed by atoms with Gasteiger partial charge >= 0.3 is 0 Å². The normalized spacial score (nSPS) is 10.4. The van der Waals surface area contributed by atoms with E-state index >= 15 is 0 Å². The molecule has 0 bridgehead atoms. The number of anilines is 1. The highest BCUT2D eigenvalue weighted by Crippen LogP contribution is 2.29. The third kappa shape index (κ3) is 3.12. The van der Waals surface area contributed by atoms with Crippen molar-refractivity contribution in [2.24, 2.45) is 0 Å². The van der Waals surface area contributed by atoms with Gasteiger partial charge in [-0.1, -0.05) is 17.7 Å². The van der Waals surface area contributed by atoms with Crippen LogP contribution in [0.15, 0.2) is 48.7 Å². The van der Waals surface area contributed by atoms with Crippen LogP contribution in [-0.4, -0.2) is 19.1 Å². The second-order valence-electron chi connectivity index (χ2n) is 5.50. The third-order valence-corrected chi connectivity index (χ3v) is 4.19. The predicted molar refractivity (Wildman–Crippen MR) is 96.6 cm³/mol. The number of benzene rings is 2. The zero-order chi connectivity index (χ0) is 17.1. The monoisotopic (exact) mass is 337 g/mol. The zero-order valence-electron chi connectivity index (χ0n) is 13.5. The summed E-state index contributed by atoms with van der Waals surface area (Å²) in [6.07, 6.45) is 1.78. The van der Waals surface area contributed by atoms with E-state index in [2.05, 4.69) is 16.0 Å². The fourth-order valence-electron chi connectivity index (χ4n) is 2.70. The number of rotatable bonds is 4. The van der Waals surface area contributed by atoms with Crippen molar-refractivity contribution in [2.75, 3.05) is 19.1 Å². The van der Waals surface area contributed by atoms with Crippen molar-refractivity contribution in [3.8, 4) is 11.8 Å². The van der Waals surface area contributed by atoms with Gasteiger partial charge in [-0.3, -0.25) is 4.98 Å². The summed E-state index contributed by atoms with van der Waals surface area (Å²) in [4.78, 5) is 6.48. The first kappa shape index (κ1) is 16.1. The molecule has 0 unspecified atom stereocenters. The summed E-state index contributed by atoms with van der Waals surface area (Å²) in [5, 5.41) is 10.7. The van der Waals surface area contributed by atoms with Gasteiger partial charge in [-0.25, -0.2) is 0 Å². The first-order chi connectivity index (χ1) is 11.6. The van der Waals surface area contributed by atoms with Crippen LogP contribution in [0.5, 0.6) is 5.75 Å². The largest absolute Gasteiger partial charge is 0.495 e. The zero-order valence-corrected chi connectivity index (χ0v) is 14.2. The lowest BCUT2D eigenvalue weighted by Crippen LogP contribution is -2.16. The minimum Gasteiger partial charge on any atom is -0.495 e. The van der Waals surface area contributed by atoms with Gasteiger partial charge in [0, 0.05) is 30.9 Å². The first-order valence-electron chi connectivity index (χ1n) is 7.45. The van der Waals surface area contributed by atoms with E-state index in [4.69, 9.17) is 21.6 Å². The summed E-state index contributed by atoms with van der Waals surface area (Å²) < 4.78 is 5.19. The van der Waals surface area contributed by atoms with E-state index in [9.17, 15) is 0 Å². The van der Waals surface area contributed by atoms with Crippen molar-refractivity contribution in [2.45, 2.75) is 6.54 Å². The third-order valence-electron chi connectivity index (χ3n) is 3.89. The van der Waals surface area contributed by atoms with Crippen LogP contribution in [0.25, 0.3) is 10.9 Å². The number of nitriles is 1. The average Bonchev–Trinajstić information content (AvgIpc) is 2.60. The van der Waals surface area contributed by atoms with Crippen LogP contribution in [0.1, 0.15) is 11.1 Å². The molecule has 0 amide bonds.